The SMILES string of the molecule is CCc1cc(OC)c2c(c1)[C@@H](O)CCCO2. The highest BCUT2D eigenvalue weighted by Gasteiger charge is 2.21. The fourth-order valence-electron chi connectivity index (χ4n) is 2.05. The van der Waals surface area contributed by atoms with Gasteiger partial charge < -0.3 is 14.6 Å². The second-order valence-corrected chi connectivity index (χ2v) is 4.08. The van der Waals surface area contributed by atoms with Crippen LogP contribution in [-0.4, -0.2) is 18.8 Å². The van der Waals surface area contributed by atoms with E-state index in [1.165, 1.54) is 5.56 Å². The van der Waals surface area contributed by atoms with E-state index >= 15 is 0 Å². The van der Waals surface area contributed by atoms with Crippen LogP contribution in [0.3, 0.4) is 0 Å². The van der Waals surface area contributed by atoms with Crippen LogP contribution in [0.5, 0.6) is 11.5 Å². The summed E-state index contributed by atoms with van der Waals surface area (Å²) in [4.78, 5) is 0. The zero-order valence-corrected chi connectivity index (χ0v) is 9.82. The number of rotatable bonds is 2. The number of hydrogen-bond acceptors (Lipinski definition) is 3. The van der Waals surface area contributed by atoms with Gasteiger partial charge in [0.05, 0.1) is 19.8 Å². The summed E-state index contributed by atoms with van der Waals surface area (Å²) in [6.45, 7) is 2.73. The van der Waals surface area contributed by atoms with Crippen molar-refractivity contribution in [1.29, 1.82) is 0 Å². The second-order valence-electron chi connectivity index (χ2n) is 4.08. The maximum absolute atomic E-state index is 10.0. The van der Waals surface area contributed by atoms with Crippen molar-refractivity contribution in [2.45, 2.75) is 32.3 Å². The van der Waals surface area contributed by atoms with E-state index in [-0.39, 0.29) is 0 Å². The van der Waals surface area contributed by atoms with Gasteiger partial charge in [0.25, 0.3) is 0 Å². The molecule has 1 aromatic rings. The van der Waals surface area contributed by atoms with Crippen LogP contribution in [-0.2, 0) is 6.42 Å². The number of hydrogen-bond donors (Lipinski definition) is 1. The Kier molecular flexibility index (Phi) is 3.34. The summed E-state index contributed by atoms with van der Waals surface area (Å²) in [5.41, 5.74) is 2.04. The lowest BCUT2D eigenvalue weighted by atomic mass is 10.0. The Labute approximate surface area is 96.0 Å². The van der Waals surface area contributed by atoms with E-state index < -0.39 is 6.10 Å². The van der Waals surface area contributed by atoms with Gasteiger partial charge >= 0.3 is 0 Å². The molecule has 0 amide bonds. The normalized spacial score (nSPS) is 19.6. The fraction of sp³-hybridized carbons (Fsp3) is 0.538. The predicted octanol–water partition coefficient (Wildman–Crippen LogP) is 2.46. The van der Waals surface area contributed by atoms with E-state index in [1.54, 1.807) is 7.11 Å². The molecular formula is C13H18O3. The van der Waals surface area contributed by atoms with Crippen LogP contribution in [0.1, 0.15) is 37.0 Å². The lowest BCUT2D eigenvalue weighted by Gasteiger charge is -2.16. The van der Waals surface area contributed by atoms with Gasteiger partial charge in [-0.05, 0) is 37.0 Å². The summed E-state index contributed by atoms with van der Waals surface area (Å²) in [6.07, 6.45) is 2.12. The summed E-state index contributed by atoms with van der Waals surface area (Å²) in [5.74, 6) is 1.44. The third kappa shape index (κ3) is 2.00. The van der Waals surface area contributed by atoms with E-state index in [4.69, 9.17) is 9.47 Å². The minimum atomic E-state index is -0.433. The molecular weight excluding hydrogens is 204 g/mol. The Morgan fingerprint density at radius 2 is 2.31 bits per heavy atom. The molecule has 1 aromatic carbocycles. The highest BCUT2D eigenvalue weighted by molar-refractivity contribution is 5.51. The molecule has 0 fully saturated rings. The molecule has 88 valence electrons. The van der Waals surface area contributed by atoms with Gasteiger partial charge in [0, 0.05) is 5.56 Å². The van der Waals surface area contributed by atoms with Crippen molar-refractivity contribution in [3.63, 3.8) is 0 Å². The molecule has 0 radical (unpaired) electrons. The molecule has 1 heterocycles. The van der Waals surface area contributed by atoms with Crippen molar-refractivity contribution >= 4 is 0 Å². The molecule has 1 aliphatic rings. The first-order valence-electron chi connectivity index (χ1n) is 5.78. The number of aryl methyl sites for hydroxylation is 1. The van der Waals surface area contributed by atoms with Crippen LogP contribution in [0.15, 0.2) is 12.1 Å². The molecule has 1 N–H and O–H groups in total. The van der Waals surface area contributed by atoms with Crippen molar-refractivity contribution in [2.75, 3.05) is 13.7 Å². The maximum atomic E-state index is 10.0. The molecule has 0 saturated heterocycles. The molecule has 16 heavy (non-hydrogen) atoms. The van der Waals surface area contributed by atoms with Crippen molar-refractivity contribution in [1.82, 2.24) is 0 Å². The molecule has 1 aliphatic heterocycles. The van der Waals surface area contributed by atoms with E-state index in [9.17, 15) is 5.11 Å². The number of aliphatic hydroxyl groups is 1. The average molecular weight is 222 g/mol. The fourth-order valence-corrected chi connectivity index (χ4v) is 2.05. The Morgan fingerprint density at radius 3 is 3.00 bits per heavy atom. The molecule has 0 bridgehead atoms. The zero-order chi connectivity index (χ0) is 11.5. The van der Waals surface area contributed by atoms with Gasteiger partial charge in [-0.15, -0.1) is 0 Å². The first-order valence-corrected chi connectivity index (χ1v) is 5.78. The quantitative estimate of drug-likeness (QED) is 0.835. The second kappa shape index (κ2) is 4.74. The van der Waals surface area contributed by atoms with Gasteiger partial charge in [-0.25, -0.2) is 0 Å². The summed E-state index contributed by atoms with van der Waals surface area (Å²) in [5, 5.41) is 10.0. The van der Waals surface area contributed by atoms with Crippen LogP contribution in [0.2, 0.25) is 0 Å². The van der Waals surface area contributed by atoms with Crippen LogP contribution >= 0.6 is 0 Å². The van der Waals surface area contributed by atoms with Gasteiger partial charge in [0.2, 0.25) is 0 Å². The third-order valence-electron chi connectivity index (χ3n) is 3.00. The molecule has 3 heteroatoms. The van der Waals surface area contributed by atoms with Crippen molar-refractivity contribution in [2.24, 2.45) is 0 Å². The third-order valence-corrected chi connectivity index (χ3v) is 3.00. The molecule has 0 unspecified atom stereocenters. The lowest BCUT2D eigenvalue weighted by molar-refractivity contribution is 0.167. The van der Waals surface area contributed by atoms with Crippen LogP contribution in [0.4, 0.5) is 0 Å². The lowest BCUT2D eigenvalue weighted by Crippen LogP contribution is -2.01. The van der Waals surface area contributed by atoms with Crippen molar-refractivity contribution < 1.29 is 14.6 Å². The largest absolute Gasteiger partial charge is 0.493 e. The van der Waals surface area contributed by atoms with E-state index in [2.05, 4.69) is 6.92 Å². The number of benzene rings is 1. The first kappa shape index (κ1) is 11.3. The number of methoxy groups -OCH3 is 1. The Balaban J connectivity index is 2.51. The van der Waals surface area contributed by atoms with Crippen LogP contribution in [0.25, 0.3) is 0 Å². The molecule has 0 saturated carbocycles. The number of fused-ring (bicyclic) bond motifs is 1. The number of aliphatic hydroxyl groups excluding tert-OH is 1. The summed E-state index contributed by atoms with van der Waals surface area (Å²) in [6, 6.07) is 4.00. The molecule has 0 aliphatic carbocycles. The van der Waals surface area contributed by atoms with Crippen molar-refractivity contribution in [3.05, 3.63) is 23.3 Å². The zero-order valence-electron chi connectivity index (χ0n) is 9.82. The Bertz CT molecular complexity index is 374. The molecule has 3 nitrogen and oxygen atoms in total. The summed E-state index contributed by atoms with van der Waals surface area (Å²) in [7, 11) is 1.63. The average Bonchev–Trinajstić information content (AvgIpc) is 2.50. The minimum Gasteiger partial charge on any atom is -0.493 e. The van der Waals surface area contributed by atoms with Crippen LogP contribution < -0.4 is 9.47 Å². The molecule has 1 atom stereocenters. The minimum absolute atomic E-state index is 0.433. The Hall–Kier alpha value is -1.22. The highest BCUT2D eigenvalue weighted by atomic mass is 16.5. The monoisotopic (exact) mass is 222 g/mol. The van der Waals surface area contributed by atoms with Crippen LogP contribution in [0, 0.1) is 0 Å². The Morgan fingerprint density at radius 1 is 1.50 bits per heavy atom. The van der Waals surface area contributed by atoms with Gasteiger partial charge in [0.1, 0.15) is 0 Å². The van der Waals surface area contributed by atoms with Gasteiger partial charge in [-0.2, -0.15) is 0 Å². The van der Waals surface area contributed by atoms with Gasteiger partial charge in [0.15, 0.2) is 11.5 Å². The number of ether oxygens (including phenoxy) is 2. The maximum Gasteiger partial charge on any atom is 0.166 e. The summed E-state index contributed by atoms with van der Waals surface area (Å²) >= 11 is 0. The first-order chi connectivity index (χ1) is 7.76. The topological polar surface area (TPSA) is 38.7 Å². The molecule has 0 aromatic heterocycles. The van der Waals surface area contributed by atoms with E-state index in [0.29, 0.717) is 12.4 Å². The van der Waals surface area contributed by atoms with Crippen molar-refractivity contribution in [3.8, 4) is 11.5 Å². The predicted molar refractivity (Wildman–Crippen MR) is 62.1 cm³/mol. The van der Waals surface area contributed by atoms with Gasteiger partial charge in [-0.1, -0.05) is 6.92 Å². The molecule has 0 spiro atoms. The standard InChI is InChI=1S/C13H18O3/c1-3-9-7-10-11(14)5-4-6-16-13(10)12(8-9)15-2/h7-8,11,14H,3-6H2,1-2H3/t11-/m0/s1. The van der Waals surface area contributed by atoms with E-state index in [0.717, 1.165) is 30.6 Å². The van der Waals surface area contributed by atoms with E-state index in [1.807, 2.05) is 12.1 Å². The molecule has 2 rings (SSSR count). The van der Waals surface area contributed by atoms with Gasteiger partial charge in [-0.3, -0.25) is 0 Å². The smallest absolute Gasteiger partial charge is 0.166 e. The summed E-state index contributed by atoms with van der Waals surface area (Å²) < 4.78 is 11.0. The highest BCUT2D eigenvalue weighted by Crippen LogP contribution is 2.39.